The molecule has 1 aromatic carbocycles. The van der Waals surface area contributed by atoms with Gasteiger partial charge in [-0.1, -0.05) is 17.9 Å². The maximum absolute atomic E-state index is 12.5. The number of aryl methyl sites for hydroxylation is 1. The second kappa shape index (κ2) is 7.57. The molecule has 0 fully saturated rings. The molecule has 0 bridgehead atoms. The normalized spacial score (nSPS) is 12.9. The van der Waals surface area contributed by atoms with E-state index in [1.54, 1.807) is 19.1 Å². The first-order chi connectivity index (χ1) is 9.78. The molecule has 5 nitrogen and oxygen atoms in total. The molecule has 0 spiro atoms. The number of aliphatic hydroxyl groups excluding tert-OH is 2. The third-order valence-corrected chi connectivity index (χ3v) is 4.83. The highest BCUT2D eigenvalue weighted by atomic mass is 32.2. The van der Waals surface area contributed by atoms with Crippen molar-refractivity contribution in [3.63, 3.8) is 0 Å². The van der Waals surface area contributed by atoms with E-state index in [2.05, 4.69) is 11.8 Å². The first-order valence-electron chi connectivity index (χ1n) is 6.64. The molecule has 0 amide bonds. The fourth-order valence-electron chi connectivity index (χ4n) is 1.81. The van der Waals surface area contributed by atoms with Crippen molar-refractivity contribution in [3.05, 3.63) is 29.3 Å². The van der Waals surface area contributed by atoms with Gasteiger partial charge in [0.1, 0.15) is 0 Å². The lowest BCUT2D eigenvalue weighted by Gasteiger charge is -2.20. The maximum atomic E-state index is 12.5. The molecular formula is C15H21NO4S. The zero-order chi connectivity index (χ0) is 16.0. The zero-order valence-electron chi connectivity index (χ0n) is 12.5. The van der Waals surface area contributed by atoms with Crippen LogP contribution in [0.1, 0.15) is 24.5 Å². The summed E-state index contributed by atoms with van der Waals surface area (Å²) in [5.74, 6) is 5.59. The van der Waals surface area contributed by atoms with Gasteiger partial charge in [0.2, 0.25) is 10.0 Å². The van der Waals surface area contributed by atoms with Crippen molar-refractivity contribution < 1.29 is 18.6 Å². The first kappa shape index (κ1) is 17.7. The van der Waals surface area contributed by atoms with Crippen LogP contribution >= 0.6 is 0 Å². The fourth-order valence-corrected chi connectivity index (χ4v) is 3.31. The van der Waals surface area contributed by atoms with Crippen LogP contribution in [0.25, 0.3) is 0 Å². The number of nitrogens with zero attached hydrogens (tertiary/aromatic N) is 1. The molecule has 2 N–H and O–H groups in total. The summed E-state index contributed by atoms with van der Waals surface area (Å²) in [6, 6.07) is 4.97. The van der Waals surface area contributed by atoms with Crippen molar-refractivity contribution in [2.75, 3.05) is 20.2 Å². The predicted octanol–water partition coefficient (Wildman–Crippen LogP) is 0.730. The third kappa shape index (κ3) is 4.83. The number of hydrogen-bond acceptors (Lipinski definition) is 4. The highest BCUT2D eigenvalue weighted by molar-refractivity contribution is 7.89. The Hall–Kier alpha value is -1.39. The number of rotatable bonds is 5. The van der Waals surface area contributed by atoms with Gasteiger partial charge in [-0.05, 0) is 31.5 Å². The highest BCUT2D eigenvalue weighted by Crippen LogP contribution is 2.20. The minimum atomic E-state index is -3.66. The first-order valence-corrected chi connectivity index (χ1v) is 8.08. The molecular weight excluding hydrogens is 290 g/mol. The largest absolute Gasteiger partial charge is 0.395 e. The Morgan fingerprint density at radius 3 is 2.62 bits per heavy atom. The lowest BCUT2D eigenvalue weighted by atomic mass is 10.1. The molecule has 6 heteroatoms. The molecule has 116 valence electrons. The average Bonchev–Trinajstić information content (AvgIpc) is 2.40. The van der Waals surface area contributed by atoms with E-state index < -0.39 is 16.1 Å². The molecule has 1 atom stereocenters. The zero-order valence-corrected chi connectivity index (χ0v) is 13.3. The van der Waals surface area contributed by atoms with Crippen LogP contribution in [0, 0.1) is 18.8 Å². The molecule has 0 heterocycles. The monoisotopic (exact) mass is 311 g/mol. The summed E-state index contributed by atoms with van der Waals surface area (Å²) in [6.45, 7) is 3.26. The standard InChI is InChI=1S/C15H21NO4S/c1-12-7-8-14(6-4-5-9-17)10-15(12)21(19,20)16(3)11-13(2)18/h7-8,10,13,17-18H,5,9,11H2,1-3H3. The Kier molecular flexibility index (Phi) is 6.37. The number of benzene rings is 1. The minimum Gasteiger partial charge on any atom is -0.395 e. The van der Waals surface area contributed by atoms with Crippen molar-refractivity contribution in [1.29, 1.82) is 0 Å². The third-order valence-electron chi connectivity index (χ3n) is 2.87. The number of likely N-dealkylation sites (N-methyl/N-ethyl adjacent to an activating group) is 1. The van der Waals surface area contributed by atoms with Gasteiger partial charge in [0.25, 0.3) is 0 Å². The van der Waals surface area contributed by atoms with E-state index in [1.165, 1.54) is 20.0 Å². The van der Waals surface area contributed by atoms with E-state index in [0.717, 1.165) is 4.31 Å². The Balaban J connectivity index is 3.17. The van der Waals surface area contributed by atoms with Gasteiger partial charge >= 0.3 is 0 Å². The SMILES string of the molecule is Cc1ccc(C#CCCO)cc1S(=O)(=O)N(C)CC(C)O. The van der Waals surface area contributed by atoms with Crippen LogP contribution in [-0.2, 0) is 10.0 Å². The molecule has 0 saturated carbocycles. The predicted molar refractivity (Wildman–Crippen MR) is 81.3 cm³/mol. The van der Waals surface area contributed by atoms with E-state index in [4.69, 9.17) is 5.11 Å². The van der Waals surface area contributed by atoms with Crippen LogP contribution in [0.3, 0.4) is 0 Å². The van der Waals surface area contributed by atoms with Crippen molar-refractivity contribution in [3.8, 4) is 11.8 Å². The second-order valence-corrected chi connectivity index (χ2v) is 6.90. The van der Waals surface area contributed by atoms with Gasteiger partial charge in [0, 0.05) is 25.6 Å². The number of hydrogen-bond donors (Lipinski definition) is 2. The maximum Gasteiger partial charge on any atom is 0.243 e. The van der Waals surface area contributed by atoms with Gasteiger partial charge in [0.05, 0.1) is 17.6 Å². The van der Waals surface area contributed by atoms with E-state index in [9.17, 15) is 13.5 Å². The van der Waals surface area contributed by atoms with Gasteiger partial charge in [-0.15, -0.1) is 0 Å². The molecule has 1 aromatic rings. The van der Waals surface area contributed by atoms with E-state index in [-0.39, 0.29) is 18.0 Å². The van der Waals surface area contributed by atoms with Crippen molar-refractivity contribution >= 4 is 10.0 Å². The summed E-state index contributed by atoms with van der Waals surface area (Å²) in [5, 5.41) is 18.0. The summed E-state index contributed by atoms with van der Waals surface area (Å²) >= 11 is 0. The van der Waals surface area contributed by atoms with Crippen LogP contribution in [-0.4, -0.2) is 49.2 Å². The molecule has 0 aliphatic heterocycles. The van der Waals surface area contributed by atoms with Gasteiger partial charge < -0.3 is 10.2 Å². The summed E-state index contributed by atoms with van der Waals surface area (Å²) in [7, 11) is -2.23. The van der Waals surface area contributed by atoms with E-state index in [1.807, 2.05) is 0 Å². The molecule has 21 heavy (non-hydrogen) atoms. The minimum absolute atomic E-state index is 0.0266. The average molecular weight is 311 g/mol. The fraction of sp³-hybridized carbons (Fsp3) is 0.467. The smallest absolute Gasteiger partial charge is 0.243 e. The van der Waals surface area contributed by atoms with Gasteiger partial charge in [-0.25, -0.2) is 8.42 Å². The Labute approximate surface area is 126 Å². The lowest BCUT2D eigenvalue weighted by molar-refractivity contribution is 0.171. The summed E-state index contributed by atoms with van der Waals surface area (Å²) < 4.78 is 26.1. The van der Waals surface area contributed by atoms with Gasteiger partial charge in [-0.3, -0.25) is 0 Å². The van der Waals surface area contributed by atoms with E-state index >= 15 is 0 Å². The summed E-state index contributed by atoms with van der Waals surface area (Å²) in [5.41, 5.74) is 1.21. The Bertz CT molecular complexity index is 641. The van der Waals surface area contributed by atoms with Crippen LogP contribution in [0.4, 0.5) is 0 Å². The van der Waals surface area contributed by atoms with Gasteiger partial charge in [-0.2, -0.15) is 4.31 Å². The highest BCUT2D eigenvalue weighted by Gasteiger charge is 2.23. The molecule has 1 rings (SSSR count). The Morgan fingerprint density at radius 2 is 2.05 bits per heavy atom. The quantitative estimate of drug-likeness (QED) is 0.786. The number of aliphatic hydroxyl groups is 2. The van der Waals surface area contributed by atoms with Crippen LogP contribution in [0.15, 0.2) is 23.1 Å². The molecule has 0 saturated heterocycles. The van der Waals surface area contributed by atoms with Crippen LogP contribution in [0.5, 0.6) is 0 Å². The molecule has 0 aromatic heterocycles. The van der Waals surface area contributed by atoms with Crippen LogP contribution < -0.4 is 0 Å². The van der Waals surface area contributed by atoms with E-state index in [0.29, 0.717) is 17.5 Å². The number of sulfonamides is 1. The molecule has 0 aliphatic carbocycles. The topological polar surface area (TPSA) is 77.8 Å². The van der Waals surface area contributed by atoms with Crippen molar-refractivity contribution in [1.82, 2.24) is 4.31 Å². The molecule has 0 radical (unpaired) electrons. The molecule has 0 aliphatic rings. The van der Waals surface area contributed by atoms with Gasteiger partial charge in [0.15, 0.2) is 0 Å². The lowest BCUT2D eigenvalue weighted by Crippen LogP contribution is -2.33. The summed E-state index contributed by atoms with van der Waals surface area (Å²) in [6.07, 6.45) is -0.393. The van der Waals surface area contributed by atoms with Crippen molar-refractivity contribution in [2.24, 2.45) is 0 Å². The molecule has 1 unspecified atom stereocenters. The second-order valence-electron chi connectivity index (χ2n) is 4.89. The van der Waals surface area contributed by atoms with Crippen LogP contribution in [0.2, 0.25) is 0 Å². The Morgan fingerprint density at radius 1 is 1.38 bits per heavy atom. The summed E-state index contributed by atoms with van der Waals surface area (Å²) in [4.78, 5) is 0.182. The van der Waals surface area contributed by atoms with Crippen molar-refractivity contribution in [2.45, 2.75) is 31.3 Å².